The van der Waals surface area contributed by atoms with E-state index in [1.807, 2.05) is 54.3 Å². The number of hydrogen-bond donors (Lipinski definition) is 0. The van der Waals surface area contributed by atoms with Gasteiger partial charge < -0.3 is 19.0 Å². The molecule has 3 aromatic rings. The zero-order valence-electron chi connectivity index (χ0n) is 18.1. The van der Waals surface area contributed by atoms with E-state index in [2.05, 4.69) is 5.10 Å². The largest absolute Gasteiger partial charge is 0.460 e. The molecule has 2 saturated heterocycles. The molecule has 8 nitrogen and oxygen atoms in total. The number of ether oxygens (including phenoxy) is 1. The van der Waals surface area contributed by atoms with Crippen LogP contribution >= 0.6 is 0 Å². The number of aryl methyl sites for hydroxylation is 1. The Hall–Kier alpha value is -3.39. The first-order chi connectivity index (χ1) is 15.6. The Morgan fingerprint density at radius 3 is 2.41 bits per heavy atom. The second-order valence-corrected chi connectivity index (χ2v) is 8.20. The number of hydrogen-bond acceptors (Lipinski definition) is 5. The van der Waals surface area contributed by atoms with Gasteiger partial charge in [-0.15, -0.1) is 0 Å². The van der Waals surface area contributed by atoms with Crippen LogP contribution < -0.4 is 0 Å². The molecule has 5 rings (SSSR count). The highest BCUT2D eigenvalue weighted by Gasteiger charge is 2.33. The van der Waals surface area contributed by atoms with E-state index in [1.54, 1.807) is 15.8 Å². The maximum Gasteiger partial charge on any atom is 0.257 e. The first-order valence-electron chi connectivity index (χ1n) is 11.0. The lowest BCUT2D eigenvalue weighted by Gasteiger charge is -2.35. The van der Waals surface area contributed by atoms with Crippen LogP contribution in [0.4, 0.5) is 0 Å². The predicted octanol–water partition coefficient (Wildman–Crippen LogP) is 2.90. The summed E-state index contributed by atoms with van der Waals surface area (Å²) >= 11 is 0. The highest BCUT2D eigenvalue weighted by molar-refractivity contribution is 5.99. The number of aromatic nitrogens is 2. The molecule has 2 amide bonds. The summed E-state index contributed by atoms with van der Waals surface area (Å²) in [7, 11) is 0. The highest BCUT2D eigenvalue weighted by atomic mass is 16.5. The molecule has 0 aliphatic carbocycles. The third kappa shape index (κ3) is 3.93. The standard InChI is InChI=1S/C24H26N4O4/c1-17-9-10-20(32-17)22-19(16-28(25-22)18-6-3-2-4-7-18)23(29)26-11-13-27(14-12-26)24(30)21-8-5-15-31-21/h2-4,6-7,9-10,16,21H,5,8,11-15H2,1H3. The topological polar surface area (TPSA) is 80.8 Å². The van der Waals surface area contributed by atoms with Gasteiger partial charge in [-0.25, -0.2) is 4.68 Å². The van der Waals surface area contributed by atoms with Crippen LogP contribution in [0.3, 0.4) is 0 Å². The number of rotatable bonds is 4. The number of amides is 2. The van der Waals surface area contributed by atoms with Crippen molar-refractivity contribution in [2.75, 3.05) is 32.8 Å². The lowest BCUT2D eigenvalue weighted by atomic mass is 10.1. The molecule has 4 heterocycles. The zero-order valence-corrected chi connectivity index (χ0v) is 18.1. The van der Waals surface area contributed by atoms with Gasteiger partial charge in [0.1, 0.15) is 17.6 Å². The van der Waals surface area contributed by atoms with Gasteiger partial charge in [0.15, 0.2) is 5.76 Å². The molecular weight excluding hydrogens is 408 g/mol. The third-order valence-corrected chi connectivity index (χ3v) is 6.02. The number of carbonyl (C=O) groups excluding carboxylic acids is 2. The molecule has 1 atom stereocenters. The van der Waals surface area contributed by atoms with Crippen LogP contribution in [0.1, 0.15) is 29.0 Å². The van der Waals surface area contributed by atoms with Crippen LogP contribution in [0.2, 0.25) is 0 Å². The van der Waals surface area contributed by atoms with Crippen LogP contribution in [-0.2, 0) is 9.53 Å². The minimum absolute atomic E-state index is 0.0400. The van der Waals surface area contributed by atoms with Crippen molar-refractivity contribution in [3.05, 3.63) is 60.0 Å². The van der Waals surface area contributed by atoms with E-state index >= 15 is 0 Å². The van der Waals surface area contributed by atoms with Gasteiger partial charge in [0.05, 0.1) is 11.3 Å². The van der Waals surface area contributed by atoms with Crippen molar-refractivity contribution in [2.24, 2.45) is 0 Å². The molecule has 0 N–H and O–H groups in total. The second kappa shape index (κ2) is 8.63. The Labute approximate surface area is 186 Å². The van der Waals surface area contributed by atoms with E-state index in [0.717, 1.165) is 24.3 Å². The van der Waals surface area contributed by atoms with Crippen LogP contribution in [-0.4, -0.2) is 70.3 Å². The summed E-state index contributed by atoms with van der Waals surface area (Å²) < 4.78 is 13.0. The van der Waals surface area contributed by atoms with Crippen LogP contribution in [0.5, 0.6) is 0 Å². The fourth-order valence-electron chi connectivity index (χ4n) is 4.26. The number of furan rings is 1. The lowest BCUT2D eigenvalue weighted by molar-refractivity contribution is -0.142. The summed E-state index contributed by atoms with van der Waals surface area (Å²) in [5.74, 6) is 1.25. The molecular formula is C24H26N4O4. The Morgan fingerprint density at radius 1 is 1.00 bits per heavy atom. The molecule has 0 saturated carbocycles. The molecule has 1 unspecified atom stereocenters. The first kappa shape index (κ1) is 20.5. The number of carbonyl (C=O) groups is 2. The maximum atomic E-state index is 13.5. The van der Waals surface area contributed by atoms with E-state index in [9.17, 15) is 9.59 Å². The van der Waals surface area contributed by atoms with Crippen molar-refractivity contribution >= 4 is 11.8 Å². The summed E-state index contributed by atoms with van der Waals surface area (Å²) in [6.07, 6.45) is 3.14. The Bertz CT molecular complexity index is 1110. The SMILES string of the molecule is Cc1ccc(-c2nn(-c3ccccc3)cc2C(=O)N2CCN(C(=O)C3CCCO3)CC2)o1. The molecule has 0 bridgehead atoms. The Kier molecular flexibility index (Phi) is 5.53. The normalized spacial score (nSPS) is 18.8. The third-order valence-electron chi connectivity index (χ3n) is 6.02. The van der Waals surface area contributed by atoms with Crippen molar-refractivity contribution in [3.8, 4) is 17.1 Å². The average molecular weight is 434 g/mol. The summed E-state index contributed by atoms with van der Waals surface area (Å²) in [6.45, 7) is 4.48. The fraction of sp³-hybridized carbons (Fsp3) is 0.375. The molecule has 8 heteroatoms. The molecule has 1 aromatic carbocycles. The Morgan fingerprint density at radius 2 is 1.75 bits per heavy atom. The minimum atomic E-state index is -0.324. The summed E-state index contributed by atoms with van der Waals surface area (Å²) in [5, 5.41) is 4.67. The van der Waals surface area contributed by atoms with Gasteiger partial charge >= 0.3 is 0 Å². The molecule has 2 aromatic heterocycles. The first-order valence-corrected chi connectivity index (χ1v) is 11.0. The highest BCUT2D eigenvalue weighted by Crippen LogP contribution is 2.27. The molecule has 0 radical (unpaired) electrons. The van der Waals surface area contributed by atoms with E-state index in [1.165, 1.54) is 0 Å². The molecule has 2 fully saturated rings. The van der Waals surface area contributed by atoms with Gasteiger partial charge in [0, 0.05) is 39.0 Å². The average Bonchev–Trinajstić information content (AvgIpc) is 3.59. The molecule has 166 valence electrons. The predicted molar refractivity (Wildman–Crippen MR) is 117 cm³/mol. The van der Waals surface area contributed by atoms with Crippen molar-refractivity contribution in [1.29, 1.82) is 0 Å². The van der Waals surface area contributed by atoms with E-state index in [4.69, 9.17) is 9.15 Å². The number of benzene rings is 1. The van der Waals surface area contributed by atoms with Gasteiger partial charge in [0.25, 0.3) is 11.8 Å². The van der Waals surface area contributed by atoms with Crippen molar-refractivity contribution in [3.63, 3.8) is 0 Å². The minimum Gasteiger partial charge on any atom is -0.460 e. The monoisotopic (exact) mass is 434 g/mol. The zero-order chi connectivity index (χ0) is 22.1. The van der Waals surface area contributed by atoms with Gasteiger partial charge in [0.2, 0.25) is 0 Å². The molecule has 2 aliphatic rings. The van der Waals surface area contributed by atoms with Gasteiger partial charge in [-0.1, -0.05) is 18.2 Å². The second-order valence-electron chi connectivity index (χ2n) is 8.20. The van der Waals surface area contributed by atoms with Gasteiger partial charge in [-0.3, -0.25) is 9.59 Å². The quantitative estimate of drug-likeness (QED) is 0.631. The summed E-state index contributed by atoms with van der Waals surface area (Å²) in [6, 6.07) is 13.4. The van der Waals surface area contributed by atoms with Crippen LogP contribution in [0.15, 0.2) is 53.1 Å². The van der Waals surface area contributed by atoms with Crippen LogP contribution in [0, 0.1) is 6.92 Å². The lowest BCUT2D eigenvalue weighted by Crippen LogP contribution is -2.52. The van der Waals surface area contributed by atoms with E-state index in [0.29, 0.717) is 49.8 Å². The van der Waals surface area contributed by atoms with Crippen molar-refractivity contribution in [1.82, 2.24) is 19.6 Å². The van der Waals surface area contributed by atoms with Crippen LogP contribution in [0.25, 0.3) is 17.1 Å². The van der Waals surface area contributed by atoms with E-state index in [-0.39, 0.29) is 17.9 Å². The number of piperazine rings is 1. The van der Waals surface area contributed by atoms with Crippen molar-refractivity contribution in [2.45, 2.75) is 25.9 Å². The molecule has 32 heavy (non-hydrogen) atoms. The molecule has 2 aliphatic heterocycles. The fourth-order valence-corrected chi connectivity index (χ4v) is 4.26. The van der Waals surface area contributed by atoms with E-state index < -0.39 is 0 Å². The number of nitrogens with zero attached hydrogens (tertiary/aromatic N) is 4. The van der Waals surface area contributed by atoms with Gasteiger partial charge in [-0.05, 0) is 44.0 Å². The maximum absolute atomic E-state index is 13.5. The smallest absolute Gasteiger partial charge is 0.257 e. The van der Waals surface area contributed by atoms with Gasteiger partial charge in [-0.2, -0.15) is 5.10 Å². The number of para-hydroxylation sites is 1. The summed E-state index contributed by atoms with van der Waals surface area (Å²) in [4.78, 5) is 29.7. The Balaban J connectivity index is 1.37. The molecule has 0 spiro atoms. The van der Waals surface area contributed by atoms with Crippen molar-refractivity contribution < 1.29 is 18.7 Å². The summed E-state index contributed by atoms with van der Waals surface area (Å²) in [5.41, 5.74) is 1.87.